The second-order valence-corrected chi connectivity index (χ2v) is 15.0. The lowest BCUT2D eigenvalue weighted by molar-refractivity contribution is -0.870. The number of phosphoric acid groups is 1. The first-order chi connectivity index (χ1) is 22.1. The Balaban J connectivity index is 4.15. The second-order valence-electron chi connectivity index (χ2n) is 13.6. The molecule has 0 heterocycles. The molecule has 0 aliphatic carbocycles. The van der Waals surface area contributed by atoms with Crippen LogP contribution in [0.4, 0.5) is 0 Å². The van der Waals surface area contributed by atoms with E-state index in [0.29, 0.717) is 24.1 Å². The van der Waals surface area contributed by atoms with E-state index in [1.165, 1.54) is 89.9 Å². The number of quaternary nitrogens is 1. The molecule has 0 radical (unpaired) electrons. The molecule has 0 spiro atoms. The normalized spacial score (nSPS) is 14.3. The molecule has 272 valence electrons. The summed E-state index contributed by atoms with van der Waals surface area (Å²) in [5.41, 5.74) is 0. The van der Waals surface area contributed by atoms with Crippen LogP contribution in [0.2, 0.25) is 0 Å². The molecule has 9 heteroatoms. The van der Waals surface area contributed by atoms with Gasteiger partial charge in [0.1, 0.15) is 19.3 Å². The Morgan fingerprint density at radius 3 is 1.80 bits per heavy atom. The van der Waals surface area contributed by atoms with Gasteiger partial charge in [-0.05, 0) is 44.9 Å². The smallest absolute Gasteiger partial charge is 0.306 e. The molecule has 0 rings (SSSR count). The van der Waals surface area contributed by atoms with E-state index in [1.54, 1.807) is 0 Å². The summed E-state index contributed by atoms with van der Waals surface area (Å²) in [5.74, 6) is -0.347. The first-order valence-corrected chi connectivity index (χ1v) is 20.0. The highest BCUT2D eigenvalue weighted by Gasteiger charge is 2.20. The zero-order chi connectivity index (χ0) is 34.2. The van der Waals surface area contributed by atoms with Gasteiger partial charge in [0.2, 0.25) is 0 Å². The fraction of sp³-hybridized carbons (Fsp3) is 0.865. The summed E-state index contributed by atoms with van der Waals surface area (Å²) in [6.07, 6.45) is 32.1. The van der Waals surface area contributed by atoms with Crippen LogP contribution in [0, 0.1) is 0 Å². The zero-order valence-corrected chi connectivity index (χ0v) is 31.4. The summed E-state index contributed by atoms with van der Waals surface area (Å²) < 4.78 is 34.2. The average molecular weight is 674 g/mol. The molecule has 0 aromatic heterocycles. The van der Waals surface area contributed by atoms with Crippen LogP contribution in [0.1, 0.15) is 149 Å². The Kier molecular flexibility index (Phi) is 30.6. The number of likely N-dealkylation sites (N-methyl/N-ethyl adjacent to an activating group) is 1. The standard InChI is InChI=1S/C37H72NO7P/c1-6-8-10-12-14-15-16-17-18-19-20-21-22-23-24-25-27-29-32-42-34-36(45-37(39)30-28-26-13-11-9-7-2)35-44-46(40,41)43-33-31-38(3,4)5/h14-15,17-18,36H,6-13,16,19-35H2,1-5H3/b15-14-,18-17-. The van der Waals surface area contributed by atoms with Crippen molar-refractivity contribution in [2.75, 3.05) is 54.1 Å². The molecular formula is C37H72NO7P. The van der Waals surface area contributed by atoms with Crippen molar-refractivity contribution in [3.63, 3.8) is 0 Å². The highest BCUT2D eigenvalue weighted by Crippen LogP contribution is 2.38. The van der Waals surface area contributed by atoms with Crippen molar-refractivity contribution in [2.45, 2.75) is 155 Å². The Hall–Kier alpha value is -1.02. The van der Waals surface area contributed by atoms with E-state index in [9.17, 15) is 14.3 Å². The largest absolute Gasteiger partial charge is 0.756 e. The molecule has 0 saturated heterocycles. The van der Waals surface area contributed by atoms with Gasteiger partial charge in [-0.3, -0.25) is 9.36 Å². The lowest BCUT2D eigenvalue weighted by Gasteiger charge is -2.28. The lowest BCUT2D eigenvalue weighted by Crippen LogP contribution is -2.37. The van der Waals surface area contributed by atoms with Crippen LogP contribution in [0.5, 0.6) is 0 Å². The number of esters is 1. The third-order valence-electron chi connectivity index (χ3n) is 7.76. The van der Waals surface area contributed by atoms with E-state index < -0.39 is 13.9 Å². The van der Waals surface area contributed by atoms with Crippen molar-refractivity contribution < 1.29 is 37.3 Å². The number of carbonyl (C=O) groups is 1. The Bertz CT molecular complexity index is 797. The third kappa shape index (κ3) is 34.3. The summed E-state index contributed by atoms with van der Waals surface area (Å²) in [4.78, 5) is 24.7. The molecule has 0 aromatic rings. The Labute approximate surface area is 283 Å². The minimum atomic E-state index is -4.51. The quantitative estimate of drug-likeness (QED) is 0.0221. The number of unbranched alkanes of at least 4 members (excludes halogenated alkanes) is 16. The highest BCUT2D eigenvalue weighted by atomic mass is 31.2. The molecule has 0 aromatic carbocycles. The molecular weight excluding hydrogens is 601 g/mol. The first-order valence-electron chi connectivity index (χ1n) is 18.6. The van der Waals surface area contributed by atoms with Gasteiger partial charge in [0, 0.05) is 13.0 Å². The first kappa shape index (κ1) is 45.0. The zero-order valence-electron chi connectivity index (χ0n) is 30.5. The number of hydrogen-bond acceptors (Lipinski definition) is 7. The number of phosphoric ester groups is 1. The van der Waals surface area contributed by atoms with Gasteiger partial charge in [0.15, 0.2) is 0 Å². The van der Waals surface area contributed by atoms with E-state index in [2.05, 4.69) is 38.2 Å². The molecule has 2 atom stereocenters. The van der Waals surface area contributed by atoms with Crippen LogP contribution < -0.4 is 4.89 Å². The van der Waals surface area contributed by atoms with E-state index in [4.69, 9.17) is 18.5 Å². The van der Waals surface area contributed by atoms with Gasteiger partial charge in [0.05, 0.1) is 34.4 Å². The summed E-state index contributed by atoms with van der Waals surface area (Å²) >= 11 is 0. The maximum Gasteiger partial charge on any atom is 0.306 e. The maximum atomic E-state index is 12.4. The fourth-order valence-corrected chi connectivity index (χ4v) is 5.54. The van der Waals surface area contributed by atoms with E-state index in [1.807, 2.05) is 21.1 Å². The molecule has 0 fully saturated rings. The van der Waals surface area contributed by atoms with Gasteiger partial charge in [-0.15, -0.1) is 0 Å². The van der Waals surface area contributed by atoms with Gasteiger partial charge >= 0.3 is 5.97 Å². The lowest BCUT2D eigenvalue weighted by atomic mass is 10.1. The van der Waals surface area contributed by atoms with Gasteiger partial charge in [0.25, 0.3) is 7.82 Å². The highest BCUT2D eigenvalue weighted by molar-refractivity contribution is 7.45. The van der Waals surface area contributed by atoms with E-state index >= 15 is 0 Å². The molecule has 0 saturated carbocycles. The molecule has 2 unspecified atom stereocenters. The monoisotopic (exact) mass is 674 g/mol. The van der Waals surface area contributed by atoms with Crippen molar-refractivity contribution in [3.8, 4) is 0 Å². The molecule has 8 nitrogen and oxygen atoms in total. The van der Waals surface area contributed by atoms with Crippen LogP contribution in [0.15, 0.2) is 24.3 Å². The fourth-order valence-electron chi connectivity index (χ4n) is 4.81. The van der Waals surface area contributed by atoms with Gasteiger partial charge in [-0.25, -0.2) is 0 Å². The van der Waals surface area contributed by atoms with Gasteiger partial charge in [-0.2, -0.15) is 0 Å². The van der Waals surface area contributed by atoms with E-state index in [-0.39, 0.29) is 25.8 Å². The molecule has 0 aliphatic rings. The molecule has 46 heavy (non-hydrogen) atoms. The Morgan fingerprint density at radius 2 is 1.20 bits per heavy atom. The number of nitrogens with zero attached hydrogens (tertiary/aromatic N) is 1. The Morgan fingerprint density at radius 1 is 0.674 bits per heavy atom. The van der Waals surface area contributed by atoms with Crippen molar-refractivity contribution in [3.05, 3.63) is 24.3 Å². The number of rotatable bonds is 34. The van der Waals surface area contributed by atoms with Gasteiger partial charge < -0.3 is 27.9 Å². The predicted octanol–water partition coefficient (Wildman–Crippen LogP) is 9.47. The molecule has 0 aliphatic heterocycles. The minimum absolute atomic E-state index is 0.0258. The summed E-state index contributed by atoms with van der Waals surface area (Å²) in [6, 6.07) is 0. The summed E-state index contributed by atoms with van der Waals surface area (Å²) in [6.45, 7) is 5.30. The molecule has 0 N–H and O–H groups in total. The van der Waals surface area contributed by atoms with Crippen LogP contribution in [-0.4, -0.2) is 70.7 Å². The van der Waals surface area contributed by atoms with Gasteiger partial charge in [-0.1, -0.05) is 122 Å². The SMILES string of the molecule is CCCCC/C=C\C/C=C\CCCCCCCCCCOCC(COP(=O)([O-])OCC[N+](C)(C)C)OC(=O)CCCCCCCC. The van der Waals surface area contributed by atoms with Crippen LogP contribution in [0.25, 0.3) is 0 Å². The third-order valence-corrected chi connectivity index (χ3v) is 8.72. The number of carbonyl (C=O) groups excluding carboxylic acids is 1. The predicted molar refractivity (Wildman–Crippen MR) is 190 cm³/mol. The number of allylic oxidation sites excluding steroid dienone is 4. The average Bonchev–Trinajstić information content (AvgIpc) is 2.99. The minimum Gasteiger partial charge on any atom is -0.756 e. The molecule has 0 amide bonds. The van der Waals surface area contributed by atoms with Crippen molar-refractivity contribution >= 4 is 13.8 Å². The topological polar surface area (TPSA) is 94.1 Å². The second kappa shape index (κ2) is 31.3. The number of hydrogen-bond donors (Lipinski definition) is 0. The van der Waals surface area contributed by atoms with Crippen molar-refractivity contribution in [1.29, 1.82) is 0 Å². The van der Waals surface area contributed by atoms with Crippen molar-refractivity contribution in [1.82, 2.24) is 0 Å². The molecule has 0 bridgehead atoms. The van der Waals surface area contributed by atoms with Crippen molar-refractivity contribution in [2.24, 2.45) is 0 Å². The van der Waals surface area contributed by atoms with Crippen LogP contribution in [0.3, 0.4) is 0 Å². The summed E-state index contributed by atoms with van der Waals surface area (Å²) in [5, 5.41) is 0. The van der Waals surface area contributed by atoms with E-state index in [0.717, 1.165) is 38.5 Å². The maximum absolute atomic E-state index is 12.4. The van der Waals surface area contributed by atoms with Crippen LogP contribution >= 0.6 is 7.82 Å². The summed E-state index contributed by atoms with van der Waals surface area (Å²) in [7, 11) is 1.35. The van der Waals surface area contributed by atoms with Crippen LogP contribution in [-0.2, 0) is 27.9 Å². The number of ether oxygens (including phenoxy) is 2.